The maximum atomic E-state index is 12.4. The van der Waals surface area contributed by atoms with Gasteiger partial charge in [0, 0.05) is 19.5 Å². The van der Waals surface area contributed by atoms with E-state index in [9.17, 15) is 4.79 Å². The summed E-state index contributed by atoms with van der Waals surface area (Å²) in [5.41, 5.74) is 1.18. The Kier molecular flexibility index (Phi) is 5.43. The molecule has 1 amide bonds. The van der Waals surface area contributed by atoms with Crippen LogP contribution in [0.4, 0.5) is 0 Å². The molecule has 3 rings (SSSR count). The maximum Gasteiger partial charge on any atom is 0.225 e. The second-order valence-corrected chi connectivity index (χ2v) is 6.08. The zero-order valence-corrected chi connectivity index (χ0v) is 13.9. The molecule has 1 saturated heterocycles. The van der Waals surface area contributed by atoms with Crippen molar-refractivity contribution in [1.29, 1.82) is 0 Å². The van der Waals surface area contributed by atoms with Gasteiger partial charge >= 0.3 is 0 Å². The molecule has 118 valence electrons. The van der Waals surface area contributed by atoms with Gasteiger partial charge in [0.15, 0.2) is 0 Å². The summed E-state index contributed by atoms with van der Waals surface area (Å²) in [5.74, 6) is 0.850. The summed E-state index contributed by atoms with van der Waals surface area (Å²) in [4.78, 5) is 14.3. The van der Waals surface area contributed by atoms with Crippen LogP contribution < -0.4 is 5.32 Å². The zero-order valence-electron chi connectivity index (χ0n) is 13.1. The first-order chi connectivity index (χ1) is 10.1. The molecule has 1 fully saturated rings. The van der Waals surface area contributed by atoms with Gasteiger partial charge in [-0.3, -0.25) is 4.79 Å². The molecule has 0 aromatic heterocycles. The molecule has 0 bridgehead atoms. The summed E-state index contributed by atoms with van der Waals surface area (Å²) >= 11 is 0. The van der Waals surface area contributed by atoms with E-state index in [-0.39, 0.29) is 24.2 Å². The molecule has 1 unspecified atom stereocenters. The molecule has 2 aromatic rings. The van der Waals surface area contributed by atoms with E-state index < -0.39 is 0 Å². The lowest BCUT2D eigenvalue weighted by Gasteiger charge is -2.34. The van der Waals surface area contributed by atoms with Gasteiger partial charge in [-0.2, -0.15) is 0 Å². The number of rotatable bonds is 4. The molecule has 1 aliphatic heterocycles. The van der Waals surface area contributed by atoms with Crippen LogP contribution in [0.15, 0.2) is 42.5 Å². The van der Waals surface area contributed by atoms with Gasteiger partial charge in [0.2, 0.25) is 5.91 Å². The second kappa shape index (κ2) is 7.12. The van der Waals surface area contributed by atoms with E-state index in [0.717, 1.165) is 13.1 Å². The molecular formula is C18H23ClN2O. The molecule has 0 radical (unpaired) electrons. The van der Waals surface area contributed by atoms with E-state index in [2.05, 4.69) is 35.6 Å². The van der Waals surface area contributed by atoms with E-state index in [4.69, 9.17) is 0 Å². The van der Waals surface area contributed by atoms with Crippen molar-refractivity contribution in [3.63, 3.8) is 0 Å². The lowest BCUT2D eigenvalue weighted by atomic mass is 9.88. The summed E-state index contributed by atoms with van der Waals surface area (Å²) in [6.07, 6.45) is 0. The largest absolute Gasteiger partial charge is 0.341 e. The van der Waals surface area contributed by atoms with Crippen LogP contribution in [0, 0.1) is 11.8 Å². The standard InChI is InChI=1S/C18H22N2O.ClH/c1-13(17-10-19-11-17)18(21)20(2)12-14-7-8-15-5-3-4-6-16(15)9-14;/h3-9,13,17,19H,10-12H2,1-2H3;1H. The van der Waals surface area contributed by atoms with E-state index in [0.29, 0.717) is 12.5 Å². The summed E-state index contributed by atoms with van der Waals surface area (Å²) in [6.45, 7) is 4.66. The molecule has 1 N–H and O–H groups in total. The van der Waals surface area contributed by atoms with Gasteiger partial charge in [0.25, 0.3) is 0 Å². The number of hydrogen-bond acceptors (Lipinski definition) is 2. The Balaban J connectivity index is 0.00000176. The van der Waals surface area contributed by atoms with Crippen LogP contribution in [0.5, 0.6) is 0 Å². The molecule has 1 aliphatic rings. The predicted octanol–water partition coefficient (Wildman–Crippen LogP) is 3.08. The average molecular weight is 319 g/mol. The van der Waals surface area contributed by atoms with Gasteiger partial charge in [-0.15, -0.1) is 12.4 Å². The van der Waals surface area contributed by atoms with Crippen LogP contribution in [0.2, 0.25) is 0 Å². The molecule has 2 aromatic carbocycles. The van der Waals surface area contributed by atoms with Gasteiger partial charge in [-0.25, -0.2) is 0 Å². The predicted molar refractivity (Wildman–Crippen MR) is 93.2 cm³/mol. The average Bonchev–Trinajstić information content (AvgIpc) is 2.44. The molecule has 0 saturated carbocycles. The second-order valence-electron chi connectivity index (χ2n) is 6.08. The number of halogens is 1. The van der Waals surface area contributed by atoms with E-state index in [1.807, 2.05) is 31.0 Å². The van der Waals surface area contributed by atoms with Crippen molar-refractivity contribution in [2.24, 2.45) is 11.8 Å². The molecule has 1 heterocycles. The highest BCUT2D eigenvalue weighted by Gasteiger charge is 2.30. The maximum absolute atomic E-state index is 12.4. The molecular weight excluding hydrogens is 296 g/mol. The number of nitrogens with zero attached hydrogens (tertiary/aromatic N) is 1. The van der Waals surface area contributed by atoms with Crippen LogP contribution in [0.25, 0.3) is 10.8 Å². The Hall–Kier alpha value is -1.58. The summed E-state index contributed by atoms with van der Waals surface area (Å²) in [5, 5.41) is 5.70. The van der Waals surface area contributed by atoms with E-state index in [1.165, 1.54) is 16.3 Å². The van der Waals surface area contributed by atoms with Gasteiger partial charge < -0.3 is 10.2 Å². The van der Waals surface area contributed by atoms with Gasteiger partial charge in [-0.1, -0.05) is 43.3 Å². The summed E-state index contributed by atoms with van der Waals surface area (Å²) in [7, 11) is 1.90. The van der Waals surface area contributed by atoms with Crippen molar-refractivity contribution < 1.29 is 4.79 Å². The Bertz CT molecular complexity index is 654. The number of fused-ring (bicyclic) bond motifs is 1. The van der Waals surface area contributed by atoms with Crippen LogP contribution in [0.3, 0.4) is 0 Å². The number of nitrogens with one attached hydrogen (secondary N) is 1. The highest BCUT2D eigenvalue weighted by atomic mass is 35.5. The molecule has 0 aliphatic carbocycles. The normalized spacial score (nSPS) is 15.7. The molecule has 22 heavy (non-hydrogen) atoms. The number of benzene rings is 2. The van der Waals surface area contributed by atoms with Gasteiger partial charge in [0.05, 0.1) is 0 Å². The number of hydrogen-bond donors (Lipinski definition) is 1. The Labute approximate surface area is 138 Å². The van der Waals surface area contributed by atoms with E-state index >= 15 is 0 Å². The first-order valence-electron chi connectivity index (χ1n) is 7.58. The highest BCUT2D eigenvalue weighted by molar-refractivity contribution is 5.85. The monoisotopic (exact) mass is 318 g/mol. The van der Waals surface area contributed by atoms with Crippen molar-refractivity contribution in [3.05, 3.63) is 48.0 Å². The van der Waals surface area contributed by atoms with Crippen LogP contribution in [0.1, 0.15) is 12.5 Å². The number of carbonyl (C=O) groups is 1. The van der Waals surface area contributed by atoms with Gasteiger partial charge in [-0.05, 0) is 41.4 Å². The van der Waals surface area contributed by atoms with Gasteiger partial charge in [0.1, 0.15) is 0 Å². The first kappa shape index (κ1) is 16.8. The zero-order chi connectivity index (χ0) is 14.8. The lowest BCUT2D eigenvalue weighted by Crippen LogP contribution is -2.49. The van der Waals surface area contributed by atoms with Crippen molar-refractivity contribution in [2.75, 3.05) is 20.1 Å². The fourth-order valence-electron chi connectivity index (χ4n) is 2.90. The highest BCUT2D eigenvalue weighted by Crippen LogP contribution is 2.20. The minimum Gasteiger partial charge on any atom is -0.341 e. The minimum atomic E-state index is 0. The third kappa shape index (κ3) is 3.42. The van der Waals surface area contributed by atoms with Crippen LogP contribution >= 0.6 is 12.4 Å². The molecule has 3 nitrogen and oxygen atoms in total. The Morgan fingerprint density at radius 3 is 2.55 bits per heavy atom. The van der Waals surface area contributed by atoms with Crippen molar-refractivity contribution >= 4 is 29.1 Å². The number of amides is 1. The van der Waals surface area contributed by atoms with Crippen molar-refractivity contribution in [2.45, 2.75) is 13.5 Å². The lowest BCUT2D eigenvalue weighted by molar-refractivity contribution is -0.136. The third-order valence-electron chi connectivity index (χ3n) is 4.52. The number of carbonyl (C=O) groups excluding carboxylic acids is 1. The molecule has 0 spiro atoms. The quantitative estimate of drug-likeness (QED) is 0.939. The SMILES string of the molecule is CC(C(=O)N(C)Cc1ccc2ccccc2c1)C1CNC1.Cl. The molecule has 1 atom stereocenters. The Morgan fingerprint density at radius 2 is 1.91 bits per heavy atom. The van der Waals surface area contributed by atoms with Crippen molar-refractivity contribution in [1.82, 2.24) is 10.2 Å². The third-order valence-corrected chi connectivity index (χ3v) is 4.52. The fourth-order valence-corrected chi connectivity index (χ4v) is 2.90. The topological polar surface area (TPSA) is 32.3 Å². The molecule has 4 heteroatoms. The van der Waals surface area contributed by atoms with Crippen LogP contribution in [-0.4, -0.2) is 30.9 Å². The van der Waals surface area contributed by atoms with Crippen molar-refractivity contribution in [3.8, 4) is 0 Å². The summed E-state index contributed by atoms with van der Waals surface area (Å²) < 4.78 is 0. The van der Waals surface area contributed by atoms with E-state index in [1.54, 1.807) is 0 Å². The smallest absolute Gasteiger partial charge is 0.225 e. The minimum absolute atomic E-state index is 0. The first-order valence-corrected chi connectivity index (χ1v) is 7.58. The van der Waals surface area contributed by atoms with Crippen LogP contribution in [-0.2, 0) is 11.3 Å². The Morgan fingerprint density at radius 1 is 1.23 bits per heavy atom. The summed E-state index contributed by atoms with van der Waals surface area (Å²) in [6, 6.07) is 14.7. The fraction of sp³-hybridized carbons (Fsp3) is 0.389.